The third kappa shape index (κ3) is 4.88. The molecule has 1 heterocycles. The first kappa shape index (κ1) is 22.0. The zero-order valence-electron chi connectivity index (χ0n) is 16.5. The Bertz CT molecular complexity index is 995. The van der Waals surface area contributed by atoms with Crippen molar-refractivity contribution < 1.29 is 28.2 Å². The van der Waals surface area contributed by atoms with Crippen molar-refractivity contribution in [2.24, 2.45) is 0 Å². The van der Waals surface area contributed by atoms with Crippen LogP contribution in [0.2, 0.25) is 0 Å². The summed E-state index contributed by atoms with van der Waals surface area (Å²) < 4.78 is 33.6. The van der Waals surface area contributed by atoms with Crippen molar-refractivity contribution in [2.45, 2.75) is 18.8 Å². The molecule has 0 spiro atoms. The van der Waals surface area contributed by atoms with Gasteiger partial charge in [0, 0.05) is 13.1 Å². The van der Waals surface area contributed by atoms with E-state index in [2.05, 4.69) is 0 Å². The zero-order chi connectivity index (χ0) is 21.7. The Morgan fingerprint density at radius 2 is 1.60 bits per heavy atom. The topological polar surface area (TPSA) is 107 Å². The van der Waals surface area contributed by atoms with Crippen LogP contribution in [-0.2, 0) is 26.3 Å². The lowest BCUT2D eigenvalue weighted by Crippen LogP contribution is -2.44. The molecule has 160 valence electrons. The van der Waals surface area contributed by atoms with E-state index < -0.39 is 34.9 Å². The van der Waals surface area contributed by atoms with Gasteiger partial charge in [-0.25, -0.2) is 9.10 Å². The molecule has 2 atom stereocenters. The summed E-state index contributed by atoms with van der Waals surface area (Å²) in [6.07, 6.45) is -1.32. The minimum Gasteiger partial charge on any atom is -0.464 e. The highest BCUT2D eigenvalue weighted by Gasteiger charge is 2.41. The fourth-order valence-corrected chi connectivity index (χ4v) is 4.80. The van der Waals surface area contributed by atoms with E-state index in [1.54, 1.807) is 54.6 Å². The molecule has 0 radical (unpaired) electrons. The second kappa shape index (κ2) is 9.40. The van der Waals surface area contributed by atoms with Crippen LogP contribution < -0.4 is 0 Å². The molecular weight excluding hydrogens is 408 g/mol. The quantitative estimate of drug-likeness (QED) is 0.539. The molecule has 1 aliphatic rings. The maximum atomic E-state index is 13.5. The zero-order valence-corrected chi connectivity index (χ0v) is 17.3. The van der Waals surface area contributed by atoms with E-state index in [0.717, 1.165) is 15.7 Å². The van der Waals surface area contributed by atoms with Crippen LogP contribution >= 0.6 is 0 Å². The van der Waals surface area contributed by atoms with Gasteiger partial charge in [-0.05, 0) is 17.2 Å². The van der Waals surface area contributed by atoms with Gasteiger partial charge in [0.1, 0.15) is 5.70 Å². The van der Waals surface area contributed by atoms with Crippen molar-refractivity contribution in [2.75, 3.05) is 20.2 Å². The third-order valence-electron chi connectivity index (χ3n) is 4.76. The van der Waals surface area contributed by atoms with E-state index in [9.17, 15) is 23.4 Å². The summed E-state index contributed by atoms with van der Waals surface area (Å²) in [5.74, 6) is -0.870. The molecule has 0 bridgehead atoms. The summed E-state index contributed by atoms with van der Waals surface area (Å²) in [7, 11) is -3.11. The van der Waals surface area contributed by atoms with Crippen LogP contribution in [0.3, 0.4) is 0 Å². The summed E-state index contributed by atoms with van der Waals surface area (Å²) in [6.45, 7) is -0.819. The monoisotopic (exact) mass is 432 g/mol. The van der Waals surface area contributed by atoms with Crippen LogP contribution in [0.15, 0.2) is 66.4 Å². The van der Waals surface area contributed by atoms with Gasteiger partial charge < -0.3 is 14.9 Å². The lowest BCUT2D eigenvalue weighted by atomic mass is 10.1. The SMILES string of the molecule is COC(=O)/C(=C\c1ccccc1)N1CC(O)C(O)CN(Cc2ccccc2)S1(=O)=O. The molecule has 0 aliphatic carbocycles. The number of aliphatic hydroxyl groups excluding tert-OH is 2. The molecule has 1 saturated heterocycles. The van der Waals surface area contributed by atoms with Gasteiger partial charge >= 0.3 is 16.2 Å². The number of carbonyl (C=O) groups is 1. The molecule has 2 N–H and O–H groups in total. The maximum absolute atomic E-state index is 13.5. The highest BCUT2D eigenvalue weighted by atomic mass is 32.2. The van der Waals surface area contributed by atoms with Gasteiger partial charge in [-0.1, -0.05) is 60.7 Å². The molecule has 0 aromatic heterocycles. The normalized spacial score (nSPS) is 22.4. The predicted molar refractivity (Wildman–Crippen MR) is 111 cm³/mol. The summed E-state index contributed by atoms with van der Waals surface area (Å²) in [4.78, 5) is 12.5. The van der Waals surface area contributed by atoms with Crippen LogP contribution in [0.25, 0.3) is 6.08 Å². The number of esters is 1. The molecule has 2 aromatic carbocycles. The van der Waals surface area contributed by atoms with E-state index >= 15 is 0 Å². The summed E-state index contributed by atoms with van der Waals surface area (Å²) in [5, 5.41) is 20.7. The molecule has 2 aromatic rings. The van der Waals surface area contributed by atoms with Gasteiger partial charge in [-0.2, -0.15) is 12.7 Å². The average Bonchev–Trinajstić information content (AvgIpc) is 2.83. The van der Waals surface area contributed by atoms with Crippen molar-refractivity contribution in [1.29, 1.82) is 0 Å². The number of β-amino-alcohol motifs (C(OH)–C–C–N with tert-alkyl or cyclic N) is 2. The Morgan fingerprint density at radius 1 is 1.03 bits per heavy atom. The highest BCUT2D eigenvalue weighted by molar-refractivity contribution is 7.86. The van der Waals surface area contributed by atoms with Crippen molar-refractivity contribution in [3.63, 3.8) is 0 Å². The van der Waals surface area contributed by atoms with E-state index in [1.165, 1.54) is 6.08 Å². The number of ether oxygens (including phenoxy) is 1. The largest absolute Gasteiger partial charge is 0.464 e. The second-order valence-electron chi connectivity index (χ2n) is 6.88. The number of hydrogen-bond acceptors (Lipinski definition) is 6. The lowest BCUT2D eigenvalue weighted by molar-refractivity contribution is -0.137. The molecule has 3 rings (SSSR count). The van der Waals surface area contributed by atoms with Gasteiger partial charge in [0.2, 0.25) is 0 Å². The Kier molecular flexibility index (Phi) is 6.88. The molecular formula is C21H24N2O6S. The third-order valence-corrected chi connectivity index (χ3v) is 6.59. The Morgan fingerprint density at radius 3 is 2.20 bits per heavy atom. The number of rotatable bonds is 5. The molecule has 9 heteroatoms. The fourth-order valence-electron chi connectivity index (χ4n) is 3.15. The van der Waals surface area contributed by atoms with E-state index in [4.69, 9.17) is 4.74 Å². The molecule has 8 nitrogen and oxygen atoms in total. The number of aliphatic hydroxyl groups is 2. The van der Waals surface area contributed by atoms with Gasteiger partial charge in [-0.3, -0.25) is 0 Å². The molecule has 0 saturated carbocycles. The summed E-state index contributed by atoms with van der Waals surface area (Å²) in [6, 6.07) is 17.6. The van der Waals surface area contributed by atoms with E-state index in [0.29, 0.717) is 11.1 Å². The smallest absolute Gasteiger partial charge is 0.355 e. The molecule has 30 heavy (non-hydrogen) atoms. The predicted octanol–water partition coefficient (Wildman–Crippen LogP) is 0.985. The van der Waals surface area contributed by atoms with Gasteiger partial charge in [-0.15, -0.1) is 0 Å². The standard InChI is InChI=1S/C21H24N2O6S/c1-29-21(26)18(12-16-8-4-2-5-9-16)23-15-20(25)19(24)14-22(30(23,27)28)13-17-10-6-3-7-11-17/h2-12,19-20,24-25H,13-15H2,1H3/b18-12+. The minimum atomic E-state index is -4.26. The summed E-state index contributed by atoms with van der Waals surface area (Å²) >= 11 is 0. The first-order valence-electron chi connectivity index (χ1n) is 9.36. The maximum Gasteiger partial charge on any atom is 0.355 e. The highest BCUT2D eigenvalue weighted by Crippen LogP contribution is 2.25. The lowest BCUT2D eigenvalue weighted by Gasteiger charge is -2.29. The molecule has 2 unspecified atom stereocenters. The van der Waals surface area contributed by atoms with Crippen molar-refractivity contribution in [1.82, 2.24) is 8.61 Å². The van der Waals surface area contributed by atoms with Crippen molar-refractivity contribution >= 4 is 22.3 Å². The van der Waals surface area contributed by atoms with Crippen LogP contribution in [0.5, 0.6) is 0 Å². The Balaban J connectivity index is 2.06. The first-order valence-corrected chi connectivity index (χ1v) is 10.8. The number of carbonyl (C=O) groups excluding carboxylic acids is 1. The van der Waals surface area contributed by atoms with Crippen LogP contribution in [0.4, 0.5) is 0 Å². The van der Waals surface area contributed by atoms with Crippen LogP contribution in [0.1, 0.15) is 11.1 Å². The fraction of sp³-hybridized carbons (Fsp3) is 0.286. The number of benzene rings is 2. The van der Waals surface area contributed by atoms with Gasteiger partial charge in [0.05, 0.1) is 25.9 Å². The average molecular weight is 432 g/mol. The first-order chi connectivity index (χ1) is 14.3. The molecule has 1 aliphatic heterocycles. The Hall–Kier alpha value is -2.72. The minimum absolute atomic E-state index is 0.0246. The Labute approximate surface area is 175 Å². The van der Waals surface area contributed by atoms with Crippen molar-refractivity contribution in [3.05, 3.63) is 77.5 Å². The van der Waals surface area contributed by atoms with Gasteiger partial charge in [0.15, 0.2) is 0 Å². The molecule has 1 fully saturated rings. The van der Waals surface area contributed by atoms with E-state index in [-0.39, 0.29) is 18.8 Å². The van der Waals surface area contributed by atoms with Gasteiger partial charge in [0.25, 0.3) is 0 Å². The molecule has 0 amide bonds. The van der Waals surface area contributed by atoms with Crippen LogP contribution in [-0.4, -0.2) is 65.6 Å². The number of methoxy groups -OCH3 is 1. The number of nitrogens with zero attached hydrogens (tertiary/aromatic N) is 2. The second-order valence-corrected chi connectivity index (χ2v) is 8.74. The summed E-state index contributed by atoms with van der Waals surface area (Å²) in [5.41, 5.74) is 1.04. The van der Waals surface area contributed by atoms with Crippen LogP contribution in [0, 0.1) is 0 Å². The number of hydrogen-bond donors (Lipinski definition) is 2. The van der Waals surface area contributed by atoms with Crippen molar-refractivity contribution in [3.8, 4) is 0 Å². The van der Waals surface area contributed by atoms with E-state index in [1.807, 2.05) is 6.07 Å².